The summed E-state index contributed by atoms with van der Waals surface area (Å²) in [6, 6.07) is 11.5. The number of benzene rings is 1. The van der Waals surface area contributed by atoms with Gasteiger partial charge in [-0.3, -0.25) is 4.90 Å². The molecule has 0 aliphatic carbocycles. The molecule has 0 aromatic heterocycles. The molecule has 1 aliphatic heterocycles. The minimum Gasteiger partial charge on any atom is -0.369 e. The molecule has 0 radical (unpaired) electrons. The van der Waals surface area contributed by atoms with E-state index in [0.717, 1.165) is 19.6 Å². The third-order valence-electron chi connectivity index (χ3n) is 4.41. The monoisotopic (exact) mass is 289 g/mol. The van der Waals surface area contributed by atoms with Gasteiger partial charge in [-0.1, -0.05) is 31.5 Å². The molecule has 118 valence electrons. The third-order valence-corrected chi connectivity index (χ3v) is 4.41. The molecule has 2 rings (SSSR count). The van der Waals surface area contributed by atoms with E-state index in [-0.39, 0.29) is 0 Å². The van der Waals surface area contributed by atoms with Crippen molar-refractivity contribution in [3.8, 4) is 0 Å². The van der Waals surface area contributed by atoms with Crippen molar-refractivity contribution in [2.24, 2.45) is 0 Å². The van der Waals surface area contributed by atoms with Crippen LogP contribution in [0.4, 0.5) is 5.69 Å². The number of rotatable bonds is 8. The van der Waals surface area contributed by atoms with Crippen molar-refractivity contribution in [1.29, 1.82) is 0 Å². The molecule has 1 fully saturated rings. The first-order valence-corrected chi connectivity index (χ1v) is 8.55. The zero-order valence-electron chi connectivity index (χ0n) is 13.7. The molecule has 1 unspecified atom stereocenters. The quantitative estimate of drug-likeness (QED) is 0.742. The second-order valence-corrected chi connectivity index (χ2v) is 6.12. The van der Waals surface area contributed by atoms with Crippen molar-refractivity contribution in [1.82, 2.24) is 10.2 Å². The van der Waals surface area contributed by atoms with Gasteiger partial charge in [0.1, 0.15) is 0 Å². The van der Waals surface area contributed by atoms with Crippen molar-refractivity contribution in [2.45, 2.75) is 39.2 Å². The van der Waals surface area contributed by atoms with Crippen LogP contribution in [-0.2, 0) is 0 Å². The average Bonchev–Trinajstić information content (AvgIpc) is 2.53. The standard InChI is InChI=1S/C18H31N3/c1-3-19-17(2)9-7-8-12-20-13-15-21(16-14-20)18-10-5-4-6-11-18/h4-6,10-11,17,19H,3,7-9,12-16H2,1-2H3. The lowest BCUT2D eigenvalue weighted by Gasteiger charge is -2.36. The topological polar surface area (TPSA) is 18.5 Å². The summed E-state index contributed by atoms with van der Waals surface area (Å²) in [5.74, 6) is 0. The van der Waals surface area contributed by atoms with E-state index in [1.54, 1.807) is 0 Å². The number of anilines is 1. The lowest BCUT2D eigenvalue weighted by atomic mass is 10.1. The highest BCUT2D eigenvalue weighted by atomic mass is 15.3. The van der Waals surface area contributed by atoms with Gasteiger partial charge < -0.3 is 10.2 Å². The van der Waals surface area contributed by atoms with Crippen molar-refractivity contribution in [2.75, 3.05) is 44.2 Å². The van der Waals surface area contributed by atoms with Crippen molar-refractivity contribution < 1.29 is 0 Å². The second-order valence-electron chi connectivity index (χ2n) is 6.12. The fourth-order valence-corrected chi connectivity index (χ4v) is 3.10. The van der Waals surface area contributed by atoms with Gasteiger partial charge in [-0.05, 0) is 45.0 Å². The summed E-state index contributed by atoms with van der Waals surface area (Å²) >= 11 is 0. The van der Waals surface area contributed by atoms with Crippen LogP contribution in [0.5, 0.6) is 0 Å². The van der Waals surface area contributed by atoms with Gasteiger partial charge in [0.2, 0.25) is 0 Å². The molecule has 0 bridgehead atoms. The van der Waals surface area contributed by atoms with Crippen LogP contribution in [0.3, 0.4) is 0 Å². The molecular formula is C18H31N3. The third kappa shape index (κ3) is 5.68. The molecule has 1 N–H and O–H groups in total. The zero-order chi connectivity index (χ0) is 14.9. The predicted octanol–water partition coefficient (Wildman–Crippen LogP) is 2.98. The van der Waals surface area contributed by atoms with Crippen LogP contribution >= 0.6 is 0 Å². The molecule has 21 heavy (non-hydrogen) atoms. The molecule has 0 saturated carbocycles. The maximum absolute atomic E-state index is 3.49. The van der Waals surface area contributed by atoms with E-state index in [2.05, 4.69) is 59.3 Å². The van der Waals surface area contributed by atoms with Crippen LogP contribution in [-0.4, -0.2) is 50.2 Å². The number of hydrogen-bond donors (Lipinski definition) is 1. The van der Waals surface area contributed by atoms with Gasteiger partial charge in [0.15, 0.2) is 0 Å². The molecule has 1 heterocycles. The van der Waals surface area contributed by atoms with Crippen LogP contribution < -0.4 is 10.2 Å². The van der Waals surface area contributed by atoms with Crippen molar-refractivity contribution in [3.05, 3.63) is 30.3 Å². The lowest BCUT2D eigenvalue weighted by molar-refractivity contribution is 0.251. The molecule has 0 spiro atoms. The molecular weight excluding hydrogens is 258 g/mol. The molecule has 1 aromatic rings. The summed E-state index contributed by atoms with van der Waals surface area (Å²) in [4.78, 5) is 5.13. The smallest absolute Gasteiger partial charge is 0.0367 e. The highest BCUT2D eigenvalue weighted by Gasteiger charge is 2.16. The van der Waals surface area contributed by atoms with Crippen LogP contribution in [0.2, 0.25) is 0 Å². The molecule has 3 nitrogen and oxygen atoms in total. The van der Waals surface area contributed by atoms with E-state index in [4.69, 9.17) is 0 Å². The van der Waals surface area contributed by atoms with Gasteiger partial charge in [0.05, 0.1) is 0 Å². The highest BCUT2D eigenvalue weighted by molar-refractivity contribution is 5.46. The Bertz CT molecular complexity index is 371. The summed E-state index contributed by atoms with van der Waals surface area (Å²) in [5.41, 5.74) is 1.37. The van der Waals surface area contributed by atoms with Gasteiger partial charge in [-0.25, -0.2) is 0 Å². The van der Waals surface area contributed by atoms with E-state index < -0.39 is 0 Å². The summed E-state index contributed by atoms with van der Waals surface area (Å²) in [7, 11) is 0. The molecule has 3 heteroatoms. The Hall–Kier alpha value is -1.06. The first-order chi connectivity index (χ1) is 10.3. The Morgan fingerprint density at radius 1 is 1.05 bits per heavy atom. The van der Waals surface area contributed by atoms with Gasteiger partial charge in [-0.15, -0.1) is 0 Å². The van der Waals surface area contributed by atoms with Crippen molar-refractivity contribution >= 4 is 5.69 Å². The maximum atomic E-state index is 3.49. The summed E-state index contributed by atoms with van der Waals surface area (Å²) in [6.07, 6.45) is 3.98. The Labute approximate surface area is 130 Å². The van der Waals surface area contributed by atoms with Crippen molar-refractivity contribution in [3.63, 3.8) is 0 Å². The fourth-order valence-electron chi connectivity index (χ4n) is 3.10. The second kappa shape index (κ2) is 9.06. The predicted molar refractivity (Wildman–Crippen MR) is 92.1 cm³/mol. The first-order valence-electron chi connectivity index (χ1n) is 8.55. The number of nitrogens with zero attached hydrogens (tertiary/aromatic N) is 2. The van der Waals surface area contributed by atoms with E-state index in [1.165, 1.54) is 44.6 Å². The normalized spacial score (nSPS) is 17.9. The van der Waals surface area contributed by atoms with Gasteiger partial charge >= 0.3 is 0 Å². The van der Waals surface area contributed by atoms with Crippen LogP contribution in [0.25, 0.3) is 0 Å². The Morgan fingerprint density at radius 2 is 1.76 bits per heavy atom. The number of nitrogens with one attached hydrogen (secondary N) is 1. The van der Waals surface area contributed by atoms with Gasteiger partial charge in [0.25, 0.3) is 0 Å². The van der Waals surface area contributed by atoms with Crippen LogP contribution in [0.1, 0.15) is 33.1 Å². The molecule has 1 saturated heterocycles. The molecule has 1 aromatic carbocycles. The summed E-state index contributed by atoms with van der Waals surface area (Å²) in [5, 5.41) is 3.49. The Morgan fingerprint density at radius 3 is 2.43 bits per heavy atom. The average molecular weight is 289 g/mol. The van der Waals surface area contributed by atoms with E-state index in [0.29, 0.717) is 6.04 Å². The highest BCUT2D eigenvalue weighted by Crippen LogP contribution is 2.15. The lowest BCUT2D eigenvalue weighted by Crippen LogP contribution is -2.46. The summed E-state index contributed by atoms with van der Waals surface area (Å²) in [6.45, 7) is 11.6. The molecule has 1 aliphatic rings. The fraction of sp³-hybridized carbons (Fsp3) is 0.667. The van der Waals surface area contributed by atoms with E-state index in [9.17, 15) is 0 Å². The minimum atomic E-state index is 0.671. The van der Waals surface area contributed by atoms with Crippen LogP contribution in [0, 0.1) is 0 Å². The van der Waals surface area contributed by atoms with Gasteiger partial charge in [0, 0.05) is 37.9 Å². The zero-order valence-corrected chi connectivity index (χ0v) is 13.7. The van der Waals surface area contributed by atoms with E-state index >= 15 is 0 Å². The number of unbranched alkanes of at least 4 members (excludes halogenated alkanes) is 1. The van der Waals surface area contributed by atoms with E-state index in [1.807, 2.05) is 0 Å². The first kappa shape index (κ1) is 16.3. The largest absolute Gasteiger partial charge is 0.369 e. The molecule has 0 amide bonds. The molecule has 1 atom stereocenters. The number of para-hydroxylation sites is 1. The van der Waals surface area contributed by atoms with Crippen LogP contribution in [0.15, 0.2) is 30.3 Å². The summed E-state index contributed by atoms with van der Waals surface area (Å²) < 4.78 is 0. The Balaban J connectivity index is 1.59. The minimum absolute atomic E-state index is 0.671. The number of hydrogen-bond acceptors (Lipinski definition) is 3. The Kier molecular flexibility index (Phi) is 7.04. The SMILES string of the molecule is CCNC(C)CCCCN1CCN(c2ccccc2)CC1. The number of piperazine rings is 1. The van der Waals surface area contributed by atoms with Gasteiger partial charge in [-0.2, -0.15) is 0 Å². The maximum Gasteiger partial charge on any atom is 0.0367 e.